The molecule has 6 nitrogen and oxygen atoms in total. The van der Waals surface area contributed by atoms with Crippen LogP contribution in [-0.4, -0.2) is 55.0 Å². The van der Waals surface area contributed by atoms with Gasteiger partial charge in [0.25, 0.3) is 5.91 Å². The number of hydrogen-bond acceptors (Lipinski definition) is 5. The first-order valence-corrected chi connectivity index (χ1v) is 9.72. The van der Waals surface area contributed by atoms with Gasteiger partial charge in [-0.25, -0.2) is 4.79 Å². The summed E-state index contributed by atoms with van der Waals surface area (Å²) in [6, 6.07) is 9.18. The van der Waals surface area contributed by atoms with Crippen molar-refractivity contribution < 1.29 is 18.7 Å². The van der Waals surface area contributed by atoms with Crippen LogP contribution in [0.2, 0.25) is 0 Å². The third-order valence-corrected chi connectivity index (χ3v) is 5.78. The molecule has 144 valence electrons. The van der Waals surface area contributed by atoms with Crippen LogP contribution in [0.5, 0.6) is 0 Å². The standard InChI is InChI=1S/C20H23BrN2O4/c1-14-5-3-6-16(18(14)21)19(24)23-10-4-9-22(11-12-23)13-15-7-8-17(27-15)20(25)26-2/h3,5-8H,4,9-13H2,1-2H3. The highest BCUT2D eigenvalue weighted by atomic mass is 79.9. The van der Waals surface area contributed by atoms with Crippen molar-refractivity contribution in [2.24, 2.45) is 0 Å². The molecule has 0 spiro atoms. The molecule has 0 bridgehead atoms. The van der Waals surface area contributed by atoms with Crippen molar-refractivity contribution in [2.75, 3.05) is 33.3 Å². The second-order valence-corrected chi connectivity index (χ2v) is 7.41. The van der Waals surface area contributed by atoms with E-state index in [1.807, 2.05) is 30.0 Å². The number of benzene rings is 1. The minimum absolute atomic E-state index is 0.0541. The van der Waals surface area contributed by atoms with Gasteiger partial charge in [-0.1, -0.05) is 12.1 Å². The molecule has 1 saturated heterocycles. The largest absolute Gasteiger partial charge is 0.463 e. The molecular weight excluding hydrogens is 412 g/mol. The minimum atomic E-state index is -0.474. The molecule has 3 rings (SSSR count). The highest BCUT2D eigenvalue weighted by Crippen LogP contribution is 2.23. The first-order valence-electron chi connectivity index (χ1n) is 8.93. The minimum Gasteiger partial charge on any atom is -0.463 e. The number of esters is 1. The van der Waals surface area contributed by atoms with E-state index in [4.69, 9.17) is 4.42 Å². The van der Waals surface area contributed by atoms with Gasteiger partial charge in [0.15, 0.2) is 0 Å². The van der Waals surface area contributed by atoms with E-state index in [2.05, 4.69) is 25.6 Å². The zero-order chi connectivity index (χ0) is 19.4. The molecule has 0 unspecified atom stereocenters. The van der Waals surface area contributed by atoms with Gasteiger partial charge in [0, 0.05) is 30.7 Å². The van der Waals surface area contributed by atoms with Crippen LogP contribution in [0.25, 0.3) is 0 Å². The summed E-state index contributed by atoms with van der Waals surface area (Å²) in [4.78, 5) is 28.5. The summed E-state index contributed by atoms with van der Waals surface area (Å²) < 4.78 is 11.1. The number of carbonyl (C=O) groups is 2. The van der Waals surface area contributed by atoms with Crippen molar-refractivity contribution in [3.05, 3.63) is 57.5 Å². The number of amides is 1. The van der Waals surface area contributed by atoms with Gasteiger partial charge in [0.05, 0.1) is 19.2 Å². The van der Waals surface area contributed by atoms with E-state index in [0.717, 1.165) is 41.9 Å². The lowest BCUT2D eigenvalue weighted by Gasteiger charge is -2.22. The fourth-order valence-corrected chi connectivity index (χ4v) is 3.64. The molecular formula is C20H23BrN2O4. The summed E-state index contributed by atoms with van der Waals surface area (Å²) in [7, 11) is 1.33. The van der Waals surface area contributed by atoms with Crippen LogP contribution in [-0.2, 0) is 11.3 Å². The van der Waals surface area contributed by atoms with Crippen molar-refractivity contribution >= 4 is 27.8 Å². The molecule has 2 heterocycles. The Labute approximate surface area is 167 Å². The first-order chi connectivity index (χ1) is 13.0. The van der Waals surface area contributed by atoms with E-state index >= 15 is 0 Å². The Morgan fingerprint density at radius 1 is 1.15 bits per heavy atom. The second kappa shape index (κ2) is 8.71. The van der Waals surface area contributed by atoms with E-state index < -0.39 is 5.97 Å². The first kappa shape index (κ1) is 19.6. The van der Waals surface area contributed by atoms with Gasteiger partial charge in [-0.15, -0.1) is 0 Å². The van der Waals surface area contributed by atoms with Gasteiger partial charge < -0.3 is 14.1 Å². The number of carbonyl (C=O) groups excluding carboxylic acids is 2. The predicted molar refractivity (Wildman–Crippen MR) is 105 cm³/mol. The van der Waals surface area contributed by atoms with Gasteiger partial charge in [0.1, 0.15) is 5.76 Å². The lowest BCUT2D eigenvalue weighted by atomic mass is 10.1. The number of halogens is 1. The van der Waals surface area contributed by atoms with Gasteiger partial charge in [-0.2, -0.15) is 0 Å². The number of rotatable bonds is 4. The Bertz CT molecular complexity index is 833. The summed E-state index contributed by atoms with van der Waals surface area (Å²) in [5.41, 5.74) is 1.76. The highest BCUT2D eigenvalue weighted by Gasteiger charge is 2.23. The van der Waals surface area contributed by atoms with E-state index in [-0.39, 0.29) is 11.7 Å². The summed E-state index contributed by atoms with van der Waals surface area (Å²) in [6.45, 7) is 5.59. The van der Waals surface area contributed by atoms with E-state index in [1.54, 1.807) is 12.1 Å². The molecule has 0 radical (unpaired) electrons. The molecule has 2 aromatic rings. The predicted octanol–water partition coefficient (Wildman–Crippen LogP) is 3.49. The molecule has 0 aliphatic carbocycles. The van der Waals surface area contributed by atoms with Crippen LogP contribution < -0.4 is 0 Å². The summed E-state index contributed by atoms with van der Waals surface area (Å²) in [5, 5.41) is 0. The van der Waals surface area contributed by atoms with Crippen LogP contribution in [0.4, 0.5) is 0 Å². The summed E-state index contributed by atoms with van der Waals surface area (Å²) in [5.74, 6) is 0.510. The van der Waals surface area contributed by atoms with Gasteiger partial charge in [0.2, 0.25) is 5.76 Å². The Morgan fingerprint density at radius 3 is 2.74 bits per heavy atom. The van der Waals surface area contributed by atoms with Crippen LogP contribution in [0.15, 0.2) is 39.2 Å². The topological polar surface area (TPSA) is 63.0 Å². The molecule has 1 amide bonds. The second-order valence-electron chi connectivity index (χ2n) is 6.62. The number of ether oxygens (including phenoxy) is 1. The number of methoxy groups -OCH3 is 1. The zero-order valence-corrected chi connectivity index (χ0v) is 17.1. The van der Waals surface area contributed by atoms with Crippen molar-refractivity contribution in [3.8, 4) is 0 Å². The molecule has 27 heavy (non-hydrogen) atoms. The third-order valence-electron chi connectivity index (χ3n) is 4.73. The lowest BCUT2D eigenvalue weighted by molar-refractivity contribution is 0.0560. The smallest absolute Gasteiger partial charge is 0.373 e. The molecule has 0 atom stereocenters. The molecule has 0 N–H and O–H groups in total. The molecule has 1 aliphatic rings. The molecule has 1 aromatic heterocycles. The van der Waals surface area contributed by atoms with Crippen LogP contribution in [0, 0.1) is 6.92 Å². The average Bonchev–Trinajstić information content (AvgIpc) is 3.01. The monoisotopic (exact) mass is 434 g/mol. The van der Waals surface area contributed by atoms with E-state index in [9.17, 15) is 9.59 Å². The highest BCUT2D eigenvalue weighted by molar-refractivity contribution is 9.10. The number of aryl methyl sites for hydroxylation is 1. The molecule has 1 aromatic carbocycles. The fourth-order valence-electron chi connectivity index (χ4n) is 3.21. The third kappa shape index (κ3) is 4.59. The van der Waals surface area contributed by atoms with Crippen molar-refractivity contribution in [3.63, 3.8) is 0 Å². The molecule has 0 saturated carbocycles. The quantitative estimate of drug-likeness (QED) is 0.689. The van der Waals surface area contributed by atoms with Crippen LogP contribution in [0.3, 0.4) is 0 Å². The SMILES string of the molecule is COC(=O)c1ccc(CN2CCCN(C(=O)c3cccc(C)c3Br)CC2)o1. The molecule has 1 fully saturated rings. The fraction of sp³-hybridized carbons (Fsp3) is 0.400. The maximum Gasteiger partial charge on any atom is 0.373 e. The zero-order valence-electron chi connectivity index (χ0n) is 15.5. The Morgan fingerprint density at radius 2 is 1.96 bits per heavy atom. The Balaban J connectivity index is 1.62. The number of hydrogen-bond donors (Lipinski definition) is 0. The maximum atomic E-state index is 12.9. The maximum absolute atomic E-state index is 12.9. The molecule has 7 heteroatoms. The van der Waals surface area contributed by atoms with Crippen molar-refractivity contribution in [2.45, 2.75) is 19.9 Å². The summed E-state index contributed by atoms with van der Waals surface area (Å²) in [6.07, 6.45) is 0.889. The van der Waals surface area contributed by atoms with Crippen molar-refractivity contribution in [1.82, 2.24) is 9.80 Å². The lowest BCUT2D eigenvalue weighted by Crippen LogP contribution is -2.35. The number of furan rings is 1. The van der Waals surface area contributed by atoms with Crippen LogP contribution in [0.1, 0.15) is 38.7 Å². The van der Waals surface area contributed by atoms with Crippen molar-refractivity contribution in [1.29, 1.82) is 0 Å². The number of nitrogens with zero attached hydrogens (tertiary/aromatic N) is 2. The Hall–Kier alpha value is -2.12. The van der Waals surface area contributed by atoms with E-state index in [1.165, 1.54) is 7.11 Å². The Kier molecular flexibility index (Phi) is 6.34. The van der Waals surface area contributed by atoms with E-state index in [0.29, 0.717) is 18.7 Å². The summed E-state index contributed by atoms with van der Waals surface area (Å²) >= 11 is 3.53. The average molecular weight is 435 g/mol. The normalized spacial score (nSPS) is 15.4. The van der Waals surface area contributed by atoms with Gasteiger partial charge in [-0.05, 0) is 53.0 Å². The molecule has 1 aliphatic heterocycles. The van der Waals surface area contributed by atoms with Crippen LogP contribution >= 0.6 is 15.9 Å². The van der Waals surface area contributed by atoms with Gasteiger partial charge in [-0.3, -0.25) is 9.69 Å². The van der Waals surface area contributed by atoms with Gasteiger partial charge >= 0.3 is 5.97 Å².